The molecule has 3 rings (SSSR count). The predicted molar refractivity (Wildman–Crippen MR) is 75.7 cm³/mol. The molecule has 0 aliphatic carbocycles. The lowest BCUT2D eigenvalue weighted by molar-refractivity contribution is 0.456. The van der Waals surface area contributed by atoms with Crippen molar-refractivity contribution in [3.8, 4) is 11.4 Å². The molecule has 0 unspecified atom stereocenters. The van der Waals surface area contributed by atoms with Crippen molar-refractivity contribution in [2.45, 2.75) is 20.4 Å². The smallest absolute Gasteiger partial charge is 0.214 e. The third kappa shape index (κ3) is 2.27. The van der Waals surface area contributed by atoms with Gasteiger partial charge in [0, 0.05) is 18.0 Å². The second-order valence-corrected chi connectivity index (χ2v) is 4.81. The van der Waals surface area contributed by atoms with Gasteiger partial charge in [0.05, 0.1) is 5.69 Å². The quantitative estimate of drug-likeness (QED) is 0.750. The van der Waals surface area contributed by atoms with Crippen LogP contribution in [0.4, 0.5) is 0 Å². The number of nitrogens with one attached hydrogen (secondary N) is 1. The van der Waals surface area contributed by atoms with Crippen LogP contribution in [0.1, 0.15) is 17.3 Å². The monoisotopic (exact) mass is 287 g/mol. The molecule has 0 spiro atoms. The first-order chi connectivity index (χ1) is 9.65. The Morgan fingerprint density at radius 2 is 2.05 bits per heavy atom. The van der Waals surface area contributed by atoms with E-state index < -0.39 is 0 Å². The van der Waals surface area contributed by atoms with E-state index in [1.807, 2.05) is 30.5 Å². The molecule has 0 aliphatic rings. The number of H-pyrrole nitrogens is 1. The average Bonchev–Trinajstić information content (AvgIpc) is 2.96. The van der Waals surface area contributed by atoms with Crippen LogP contribution in [0, 0.1) is 18.6 Å². The van der Waals surface area contributed by atoms with Crippen LogP contribution in [0.2, 0.25) is 0 Å². The van der Waals surface area contributed by atoms with E-state index in [0.717, 1.165) is 22.8 Å². The van der Waals surface area contributed by atoms with E-state index in [4.69, 9.17) is 16.6 Å². The van der Waals surface area contributed by atoms with Gasteiger partial charge in [-0.05, 0) is 38.2 Å². The molecule has 0 saturated carbocycles. The van der Waals surface area contributed by atoms with E-state index >= 15 is 0 Å². The summed E-state index contributed by atoms with van der Waals surface area (Å²) in [5.74, 6) is 2.18. The van der Waals surface area contributed by atoms with Gasteiger partial charge in [-0.3, -0.25) is 14.6 Å². The maximum atomic E-state index is 5.60. The number of nitrogens with zero attached hydrogens (tertiary/aromatic N) is 4. The number of aromatic nitrogens is 5. The molecule has 3 aromatic heterocycles. The lowest BCUT2D eigenvalue weighted by atomic mass is 10.2. The molecule has 0 atom stereocenters. The third-order valence-electron chi connectivity index (χ3n) is 3.06. The molecule has 0 saturated heterocycles. The van der Waals surface area contributed by atoms with Crippen molar-refractivity contribution in [3.63, 3.8) is 0 Å². The number of hydrogen-bond donors (Lipinski definition) is 1. The van der Waals surface area contributed by atoms with Crippen molar-refractivity contribution in [2.24, 2.45) is 0 Å². The van der Waals surface area contributed by atoms with Crippen LogP contribution in [0.15, 0.2) is 28.9 Å². The molecule has 0 fully saturated rings. The molecule has 0 bridgehead atoms. The Hall–Kier alpha value is -2.28. The predicted octanol–water partition coefficient (Wildman–Crippen LogP) is 2.66. The van der Waals surface area contributed by atoms with E-state index in [2.05, 4.69) is 20.2 Å². The molecule has 0 amide bonds. The minimum absolute atomic E-state index is 0.446. The van der Waals surface area contributed by atoms with Crippen LogP contribution in [-0.2, 0) is 6.54 Å². The summed E-state index contributed by atoms with van der Waals surface area (Å²) < 4.78 is 7.99. The summed E-state index contributed by atoms with van der Waals surface area (Å²) in [7, 11) is 0. The number of pyridine rings is 1. The van der Waals surface area contributed by atoms with E-state index in [1.54, 1.807) is 12.4 Å². The summed E-state index contributed by atoms with van der Waals surface area (Å²) in [4.78, 5) is 8.38. The molecule has 7 heteroatoms. The van der Waals surface area contributed by atoms with Crippen molar-refractivity contribution >= 4 is 12.2 Å². The largest absolute Gasteiger partial charge is 0.444 e. The normalized spacial score (nSPS) is 10.9. The summed E-state index contributed by atoms with van der Waals surface area (Å²) in [6.45, 7) is 4.26. The van der Waals surface area contributed by atoms with Gasteiger partial charge in [-0.1, -0.05) is 0 Å². The topological polar surface area (TPSA) is 72.5 Å². The summed E-state index contributed by atoms with van der Waals surface area (Å²) in [5, 5.41) is 7.06. The lowest BCUT2D eigenvalue weighted by Gasteiger charge is -2.03. The lowest BCUT2D eigenvalue weighted by Crippen LogP contribution is -2.03. The van der Waals surface area contributed by atoms with Gasteiger partial charge in [0.2, 0.25) is 5.89 Å². The third-order valence-corrected chi connectivity index (χ3v) is 3.37. The Kier molecular flexibility index (Phi) is 3.19. The average molecular weight is 287 g/mol. The highest BCUT2D eigenvalue weighted by Crippen LogP contribution is 2.18. The fraction of sp³-hybridized carbons (Fsp3) is 0.231. The van der Waals surface area contributed by atoms with E-state index in [-0.39, 0.29) is 0 Å². The van der Waals surface area contributed by atoms with Gasteiger partial charge < -0.3 is 4.42 Å². The van der Waals surface area contributed by atoms with Gasteiger partial charge in [0.1, 0.15) is 12.3 Å². The second kappa shape index (κ2) is 5.01. The van der Waals surface area contributed by atoms with Crippen molar-refractivity contribution in [3.05, 3.63) is 46.6 Å². The molecule has 3 aromatic rings. The van der Waals surface area contributed by atoms with Gasteiger partial charge >= 0.3 is 0 Å². The van der Waals surface area contributed by atoms with Crippen LogP contribution in [0.3, 0.4) is 0 Å². The Balaban J connectivity index is 2.02. The number of rotatable bonds is 3. The zero-order valence-corrected chi connectivity index (χ0v) is 11.9. The number of aryl methyl sites for hydroxylation is 2. The molecular formula is C13H13N5OS. The second-order valence-electron chi connectivity index (χ2n) is 4.42. The van der Waals surface area contributed by atoms with Gasteiger partial charge in [0.15, 0.2) is 10.6 Å². The zero-order chi connectivity index (χ0) is 14.1. The van der Waals surface area contributed by atoms with Crippen molar-refractivity contribution in [1.29, 1.82) is 0 Å². The van der Waals surface area contributed by atoms with Gasteiger partial charge in [0.25, 0.3) is 0 Å². The molecular weight excluding hydrogens is 274 g/mol. The molecule has 1 N–H and O–H groups in total. The van der Waals surface area contributed by atoms with Crippen LogP contribution in [0.25, 0.3) is 11.4 Å². The molecule has 0 aromatic carbocycles. The number of oxazole rings is 1. The van der Waals surface area contributed by atoms with Gasteiger partial charge in [-0.25, -0.2) is 4.98 Å². The highest BCUT2D eigenvalue weighted by atomic mass is 32.1. The SMILES string of the molecule is Cc1nc(Cn2c(-c3ccncc3)n[nH]c2=S)oc1C. The molecule has 0 aliphatic heterocycles. The first-order valence-corrected chi connectivity index (χ1v) is 6.54. The number of aromatic amines is 1. The van der Waals surface area contributed by atoms with Gasteiger partial charge in [-0.15, -0.1) is 0 Å². The first kappa shape index (κ1) is 12.7. The molecule has 102 valence electrons. The highest BCUT2D eigenvalue weighted by molar-refractivity contribution is 7.71. The molecule has 20 heavy (non-hydrogen) atoms. The van der Waals surface area contributed by atoms with Crippen molar-refractivity contribution < 1.29 is 4.42 Å². The minimum Gasteiger partial charge on any atom is -0.444 e. The summed E-state index contributed by atoms with van der Waals surface area (Å²) >= 11 is 5.27. The van der Waals surface area contributed by atoms with Crippen molar-refractivity contribution in [1.82, 2.24) is 24.7 Å². The zero-order valence-electron chi connectivity index (χ0n) is 11.1. The Labute approximate surface area is 120 Å². The standard InChI is InChI=1S/C13H13N5OS/c1-8-9(2)19-11(15-8)7-18-12(16-17-13(18)20)10-3-5-14-6-4-10/h3-6H,7H2,1-2H3,(H,17,20). The summed E-state index contributed by atoms with van der Waals surface area (Å²) in [6.07, 6.45) is 3.44. The van der Waals surface area contributed by atoms with E-state index in [9.17, 15) is 0 Å². The molecule has 0 radical (unpaired) electrons. The van der Waals surface area contributed by atoms with Crippen LogP contribution in [-0.4, -0.2) is 24.7 Å². The van der Waals surface area contributed by atoms with Crippen LogP contribution < -0.4 is 0 Å². The van der Waals surface area contributed by atoms with Crippen LogP contribution in [0.5, 0.6) is 0 Å². The fourth-order valence-corrected chi connectivity index (χ4v) is 2.12. The minimum atomic E-state index is 0.446. The Morgan fingerprint density at radius 1 is 1.30 bits per heavy atom. The summed E-state index contributed by atoms with van der Waals surface area (Å²) in [6, 6.07) is 3.76. The van der Waals surface area contributed by atoms with E-state index in [0.29, 0.717) is 17.2 Å². The number of hydrogen-bond acceptors (Lipinski definition) is 5. The maximum Gasteiger partial charge on any atom is 0.214 e. The summed E-state index contributed by atoms with van der Waals surface area (Å²) in [5.41, 5.74) is 1.83. The van der Waals surface area contributed by atoms with Crippen LogP contribution >= 0.6 is 12.2 Å². The highest BCUT2D eigenvalue weighted by Gasteiger charge is 2.12. The maximum absolute atomic E-state index is 5.60. The Morgan fingerprint density at radius 3 is 2.70 bits per heavy atom. The fourth-order valence-electron chi connectivity index (χ4n) is 1.93. The van der Waals surface area contributed by atoms with E-state index in [1.165, 1.54) is 0 Å². The Bertz CT molecular complexity index is 767. The molecule has 6 nitrogen and oxygen atoms in total. The molecule has 3 heterocycles. The first-order valence-electron chi connectivity index (χ1n) is 6.13. The van der Waals surface area contributed by atoms with Crippen molar-refractivity contribution in [2.75, 3.05) is 0 Å². The van der Waals surface area contributed by atoms with Gasteiger partial charge in [-0.2, -0.15) is 5.10 Å².